The number of nitrogens with one attached hydrogen (secondary N) is 1. The molecule has 0 aliphatic rings. The molecule has 2 heterocycles. The summed E-state index contributed by atoms with van der Waals surface area (Å²) < 4.78 is 0. The van der Waals surface area contributed by atoms with E-state index < -0.39 is 0 Å². The lowest BCUT2D eigenvalue weighted by Gasteiger charge is -1.97. The van der Waals surface area contributed by atoms with Crippen molar-refractivity contribution in [3.63, 3.8) is 0 Å². The molecule has 8 heteroatoms. The number of hydrogen-bond acceptors (Lipinski definition) is 7. The highest BCUT2D eigenvalue weighted by atomic mass is 32.1. The first-order valence-electron chi connectivity index (χ1n) is 4.01. The largest absolute Gasteiger partial charge is 0.374 e. The van der Waals surface area contributed by atoms with Gasteiger partial charge in [0.1, 0.15) is 5.01 Å². The highest BCUT2D eigenvalue weighted by Gasteiger charge is 2.11. The van der Waals surface area contributed by atoms with Gasteiger partial charge in [-0.2, -0.15) is 0 Å². The van der Waals surface area contributed by atoms with Crippen molar-refractivity contribution in [2.45, 2.75) is 6.54 Å². The van der Waals surface area contributed by atoms with Gasteiger partial charge < -0.3 is 11.1 Å². The van der Waals surface area contributed by atoms with Gasteiger partial charge in [0.05, 0.1) is 6.54 Å². The van der Waals surface area contributed by atoms with Crippen LogP contribution in [0.5, 0.6) is 0 Å². The van der Waals surface area contributed by atoms with Gasteiger partial charge in [-0.05, 0) is 0 Å². The second-order valence-electron chi connectivity index (χ2n) is 2.55. The Balaban J connectivity index is 1.93. The topological polar surface area (TPSA) is 93.8 Å². The summed E-state index contributed by atoms with van der Waals surface area (Å²) in [6, 6.07) is 0. The van der Waals surface area contributed by atoms with Gasteiger partial charge in [0.15, 0.2) is 0 Å². The molecule has 0 aliphatic heterocycles. The number of hydrogen-bond donors (Lipinski definition) is 2. The van der Waals surface area contributed by atoms with Crippen molar-refractivity contribution in [1.29, 1.82) is 0 Å². The zero-order valence-corrected chi connectivity index (χ0v) is 9.14. The molecule has 0 spiro atoms. The van der Waals surface area contributed by atoms with Crippen LogP contribution in [0.4, 0.5) is 5.13 Å². The number of anilines is 1. The molecule has 0 radical (unpaired) electrons. The van der Waals surface area contributed by atoms with E-state index in [1.54, 1.807) is 6.20 Å². The van der Waals surface area contributed by atoms with Crippen LogP contribution >= 0.6 is 22.7 Å². The number of carbonyl (C=O) groups is 1. The van der Waals surface area contributed by atoms with Gasteiger partial charge in [-0.15, -0.1) is 21.5 Å². The first-order valence-corrected chi connectivity index (χ1v) is 5.71. The van der Waals surface area contributed by atoms with Crippen molar-refractivity contribution >= 4 is 33.7 Å². The monoisotopic (exact) mass is 241 g/mol. The molecule has 3 N–H and O–H groups in total. The predicted octanol–water partition coefficient (Wildman–Crippen LogP) is 0.507. The van der Waals surface area contributed by atoms with Gasteiger partial charge in [-0.25, -0.2) is 4.98 Å². The SMILES string of the molecule is Nc1nnc(C(=O)NCc2nccs2)s1. The minimum absolute atomic E-state index is 0.268. The second kappa shape index (κ2) is 4.32. The van der Waals surface area contributed by atoms with Crippen LogP contribution in [0.25, 0.3) is 0 Å². The van der Waals surface area contributed by atoms with E-state index in [0.717, 1.165) is 16.3 Å². The molecule has 6 nitrogen and oxygen atoms in total. The Kier molecular flexibility index (Phi) is 2.88. The lowest BCUT2D eigenvalue weighted by atomic mass is 10.6. The van der Waals surface area contributed by atoms with Crippen LogP contribution in [0, 0.1) is 0 Å². The van der Waals surface area contributed by atoms with Crippen LogP contribution in [0.3, 0.4) is 0 Å². The standard InChI is InChI=1S/C7H7N5OS2/c8-7-12-11-6(15-7)5(13)10-3-4-9-1-2-14-4/h1-2H,3H2,(H2,8,12)(H,10,13). The summed E-state index contributed by atoms with van der Waals surface area (Å²) in [6.45, 7) is 0.399. The summed E-state index contributed by atoms with van der Waals surface area (Å²) in [6.07, 6.45) is 1.69. The Labute approximate surface area is 93.2 Å². The number of carbonyl (C=O) groups excluding carboxylic acids is 1. The van der Waals surface area contributed by atoms with E-state index in [-0.39, 0.29) is 16.0 Å². The van der Waals surface area contributed by atoms with Gasteiger partial charge >= 0.3 is 0 Å². The summed E-state index contributed by atoms with van der Waals surface area (Å²) in [4.78, 5) is 15.5. The van der Waals surface area contributed by atoms with Crippen molar-refractivity contribution in [3.05, 3.63) is 21.6 Å². The third-order valence-electron chi connectivity index (χ3n) is 1.52. The van der Waals surface area contributed by atoms with Crippen molar-refractivity contribution < 1.29 is 4.79 Å². The third-order valence-corrected chi connectivity index (χ3v) is 3.05. The third kappa shape index (κ3) is 2.48. The van der Waals surface area contributed by atoms with E-state index in [1.165, 1.54) is 11.3 Å². The molecule has 0 saturated heterocycles. The average molecular weight is 241 g/mol. The van der Waals surface area contributed by atoms with Crippen molar-refractivity contribution in [2.24, 2.45) is 0 Å². The molecule has 0 bridgehead atoms. The molecule has 78 valence electrons. The normalized spacial score (nSPS) is 10.1. The van der Waals surface area contributed by atoms with Crippen molar-refractivity contribution in [1.82, 2.24) is 20.5 Å². The lowest BCUT2D eigenvalue weighted by molar-refractivity contribution is 0.0950. The van der Waals surface area contributed by atoms with E-state index in [1.807, 2.05) is 5.38 Å². The molecule has 2 aromatic heterocycles. The van der Waals surface area contributed by atoms with Crippen LogP contribution in [-0.2, 0) is 6.54 Å². The number of nitrogen functional groups attached to an aromatic ring is 1. The fourth-order valence-electron chi connectivity index (χ4n) is 0.898. The quantitative estimate of drug-likeness (QED) is 0.816. The van der Waals surface area contributed by atoms with Crippen LogP contribution in [0.1, 0.15) is 14.8 Å². The Morgan fingerprint density at radius 1 is 1.53 bits per heavy atom. The fraction of sp³-hybridized carbons (Fsp3) is 0.143. The van der Waals surface area contributed by atoms with E-state index in [9.17, 15) is 4.79 Å². The van der Waals surface area contributed by atoms with Gasteiger partial charge in [0.2, 0.25) is 10.1 Å². The molecule has 0 atom stereocenters. The minimum atomic E-state index is -0.278. The molecular weight excluding hydrogens is 234 g/mol. The van der Waals surface area contributed by atoms with Crippen molar-refractivity contribution in [2.75, 3.05) is 5.73 Å². The summed E-state index contributed by atoms with van der Waals surface area (Å²) in [5.74, 6) is -0.278. The molecule has 15 heavy (non-hydrogen) atoms. The lowest BCUT2D eigenvalue weighted by Crippen LogP contribution is -2.22. The van der Waals surface area contributed by atoms with Gasteiger partial charge in [0, 0.05) is 11.6 Å². The molecule has 1 amide bonds. The van der Waals surface area contributed by atoms with Crippen LogP contribution < -0.4 is 11.1 Å². The van der Waals surface area contributed by atoms with E-state index in [2.05, 4.69) is 20.5 Å². The first-order chi connectivity index (χ1) is 7.25. The van der Waals surface area contributed by atoms with Gasteiger partial charge in [-0.1, -0.05) is 11.3 Å². The smallest absolute Gasteiger partial charge is 0.282 e. The number of aromatic nitrogens is 3. The van der Waals surface area contributed by atoms with Crippen LogP contribution in [-0.4, -0.2) is 21.1 Å². The molecule has 2 aromatic rings. The molecule has 0 saturated carbocycles. The predicted molar refractivity (Wildman–Crippen MR) is 57.6 cm³/mol. The average Bonchev–Trinajstić information content (AvgIpc) is 2.84. The number of rotatable bonds is 3. The van der Waals surface area contributed by atoms with Crippen LogP contribution in [0.2, 0.25) is 0 Å². The summed E-state index contributed by atoms with van der Waals surface area (Å²) >= 11 is 2.54. The van der Waals surface area contributed by atoms with Gasteiger partial charge in [0.25, 0.3) is 5.91 Å². The molecule has 0 aliphatic carbocycles. The Morgan fingerprint density at radius 2 is 2.40 bits per heavy atom. The number of amides is 1. The maximum Gasteiger partial charge on any atom is 0.282 e. The highest BCUT2D eigenvalue weighted by molar-refractivity contribution is 7.16. The Morgan fingerprint density at radius 3 is 3.00 bits per heavy atom. The van der Waals surface area contributed by atoms with E-state index >= 15 is 0 Å². The Hall–Kier alpha value is -1.54. The molecule has 0 fully saturated rings. The van der Waals surface area contributed by atoms with Crippen LogP contribution in [0.15, 0.2) is 11.6 Å². The molecular formula is C7H7N5OS2. The first kappa shape index (κ1) is 9.99. The van der Waals surface area contributed by atoms with E-state index in [0.29, 0.717) is 6.54 Å². The fourth-order valence-corrected chi connectivity index (χ4v) is 1.98. The summed E-state index contributed by atoms with van der Waals surface area (Å²) in [5.41, 5.74) is 5.36. The molecule has 0 aromatic carbocycles. The molecule has 0 unspecified atom stereocenters. The van der Waals surface area contributed by atoms with Crippen molar-refractivity contribution in [3.8, 4) is 0 Å². The minimum Gasteiger partial charge on any atom is -0.374 e. The number of nitrogens with zero attached hydrogens (tertiary/aromatic N) is 3. The summed E-state index contributed by atoms with van der Waals surface area (Å²) in [5, 5.41) is 13.1. The Bertz CT molecular complexity index is 452. The van der Waals surface area contributed by atoms with E-state index in [4.69, 9.17) is 5.73 Å². The zero-order valence-electron chi connectivity index (χ0n) is 7.51. The molecule has 2 rings (SSSR count). The summed E-state index contributed by atoms with van der Waals surface area (Å²) in [7, 11) is 0. The second-order valence-corrected chi connectivity index (χ2v) is 4.54. The zero-order chi connectivity index (χ0) is 10.7. The highest BCUT2D eigenvalue weighted by Crippen LogP contribution is 2.11. The maximum atomic E-state index is 11.5. The maximum absolute atomic E-state index is 11.5. The number of nitrogens with two attached hydrogens (primary N) is 1. The number of thiazole rings is 1. The van der Waals surface area contributed by atoms with Gasteiger partial charge in [-0.3, -0.25) is 4.79 Å².